The van der Waals surface area contributed by atoms with Gasteiger partial charge in [0.2, 0.25) is 6.29 Å². The van der Waals surface area contributed by atoms with Crippen molar-refractivity contribution in [2.75, 3.05) is 7.05 Å². The fraction of sp³-hybridized carbons (Fsp3) is 0.500. The van der Waals surface area contributed by atoms with Crippen molar-refractivity contribution in [1.82, 2.24) is 5.32 Å². The van der Waals surface area contributed by atoms with Crippen LogP contribution in [0.25, 0.3) is 0 Å². The van der Waals surface area contributed by atoms with Gasteiger partial charge in [0.1, 0.15) is 0 Å². The molecule has 1 heterocycles. The quantitative estimate of drug-likeness (QED) is 0.513. The molecule has 4 nitrogen and oxygen atoms in total. The Morgan fingerprint density at radius 3 is 3.10 bits per heavy atom. The number of rotatable bonds is 1. The Morgan fingerprint density at radius 2 is 2.70 bits per heavy atom. The van der Waals surface area contributed by atoms with Crippen LogP contribution in [0.4, 0.5) is 0 Å². The van der Waals surface area contributed by atoms with Crippen LogP contribution in [0.15, 0.2) is 11.8 Å². The molecule has 0 spiro atoms. The number of likely N-dealkylation sites (N-methyl/N-ethyl adjacent to an activating group) is 1. The van der Waals surface area contributed by atoms with Gasteiger partial charge in [-0.3, -0.25) is 4.79 Å². The lowest BCUT2D eigenvalue weighted by Gasteiger charge is -2.04. The monoisotopic (exact) mass is 143 g/mol. The summed E-state index contributed by atoms with van der Waals surface area (Å²) in [6.07, 6.45) is 1.11. The summed E-state index contributed by atoms with van der Waals surface area (Å²) in [5.74, 6) is -0.0912. The van der Waals surface area contributed by atoms with Gasteiger partial charge in [-0.25, -0.2) is 0 Å². The van der Waals surface area contributed by atoms with Crippen molar-refractivity contribution in [1.29, 1.82) is 0 Å². The second-order valence-electron chi connectivity index (χ2n) is 1.96. The summed E-state index contributed by atoms with van der Waals surface area (Å²) >= 11 is 0. The number of ether oxygens (including phenoxy) is 1. The molecule has 4 heteroatoms. The van der Waals surface area contributed by atoms with E-state index in [1.54, 1.807) is 6.08 Å². The van der Waals surface area contributed by atoms with Gasteiger partial charge in [-0.1, -0.05) is 0 Å². The normalized spacial score (nSPS) is 23.4. The van der Waals surface area contributed by atoms with Crippen molar-refractivity contribution in [2.24, 2.45) is 0 Å². The average Bonchev–Trinajstić information content (AvgIpc) is 2.34. The maximum Gasteiger partial charge on any atom is 0.285 e. The van der Waals surface area contributed by atoms with Crippen molar-refractivity contribution in [3.8, 4) is 0 Å². The standard InChI is InChI=1S/C6H9NO3/c1-7-6(9)4-2-3-5(8)10-4/h2,5,8H,3H2,1H3,(H,7,9). The van der Waals surface area contributed by atoms with Crippen molar-refractivity contribution < 1.29 is 14.6 Å². The number of carbonyl (C=O) groups is 1. The molecule has 2 N–H and O–H groups in total. The molecule has 0 saturated heterocycles. The van der Waals surface area contributed by atoms with Crippen LogP contribution in [-0.2, 0) is 9.53 Å². The highest BCUT2D eigenvalue weighted by Crippen LogP contribution is 2.13. The number of hydrogen-bond acceptors (Lipinski definition) is 3. The molecule has 1 aliphatic heterocycles. The second-order valence-corrected chi connectivity index (χ2v) is 1.96. The first-order valence-corrected chi connectivity index (χ1v) is 3.01. The Bertz CT molecular complexity index is 176. The maximum absolute atomic E-state index is 10.7. The van der Waals surface area contributed by atoms with Gasteiger partial charge in [-0.2, -0.15) is 0 Å². The van der Waals surface area contributed by atoms with Gasteiger partial charge in [0.15, 0.2) is 5.76 Å². The van der Waals surface area contributed by atoms with Crippen LogP contribution >= 0.6 is 0 Å². The van der Waals surface area contributed by atoms with E-state index in [4.69, 9.17) is 9.84 Å². The van der Waals surface area contributed by atoms with Crippen LogP contribution in [0.2, 0.25) is 0 Å². The van der Waals surface area contributed by atoms with Gasteiger partial charge in [0.05, 0.1) is 0 Å². The Hall–Kier alpha value is -1.03. The maximum atomic E-state index is 10.7. The molecule has 0 aromatic heterocycles. The number of nitrogens with one attached hydrogen (secondary N) is 1. The molecule has 0 aromatic rings. The predicted octanol–water partition coefficient (Wildman–Crippen LogP) is -0.645. The first kappa shape index (κ1) is 7.08. The number of aliphatic hydroxyl groups is 1. The van der Waals surface area contributed by atoms with E-state index in [0.29, 0.717) is 6.42 Å². The third-order valence-electron chi connectivity index (χ3n) is 1.22. The highest BCUT2D eigenvalue weighted by Gasteiger charge is 2.19. The summed E-state index contributed by atoms with van der Waals surface area (Å²) in [7, 11) is 1.51. The minimum Gasteiger partial charge on any atom is -0.459 e. The Balaban J connectivity index is 2.51. The van der Waals surface area contributed by atoms with E-state index < -0.39 is 6.29 Å². The molecule has 10 heavy (non-hydrogen) atoms. The lowest BCUT2D eigenvalue weighted by atomic mass is 10.4. The number of amides is 1. The van der Waals surface area contributed by atoms with Gasteiger partial charge >= 0.3 is 0 Å². The zero-order valence-corrected chi connectivity index (χ0v) is 5.63. The van der Waals surface area contributed by atoms with E-state index in [9.17, 15) is 4.79 Å². The van der Waals surface area contributed by atoms with Crippen molar-refractivity contribution in [2.45, 2.75) is 12.7 Å². The fourth-order valence-corrected chi connectivity index (χ4v) is 0.720. The zero-order chi connectivity index (χ0) is 7.56. The molecular weight excluding hydrogens is 134 g/mol. The molecule has 1 atom stereocenters. The molecule has 56 valence electrons. The van der Waals surface area contributed by atoms with Crippen LogP contribution in [-0.4, -0.2) is 24.4 Å². The lowest BCUT2D eigenvalue weighted by molar-refractivity contribution is -0.125. The van der Waals surface area contributed by atoms with E-state index in [1.165, 1.54) is 7.05 Å². The molecule has 1 aliphatic rings. The smallest absolute Gasteiger partial charge is 0.285 e. The summed E-state index contributed by atoms with van der Waals surface area (Å²) in [5.41, 5.74) is 0. The van der Waals surface area contributed by atoms with Gasteiger partial charge in [-0.05, 0) is 6.08 Å². The van der Waals surface area contributed by atoms with Crippen molar-refractivity contribution >= 4 is 5.91 Å². The molecule has 1 unspecified atom stereocenters. The summed E-state index contributed by atoms with van der Waals surface area (Å²) < 4.78 is 4.72. The molecule has 0 radical (unpaired) electrons. The molecule has 0 aromatic carbocycles. The van der Waals surface area contributed by atoms with Gasteiger partial charge in [0, 0.05) is 13.5 Å². The third-order valence-corrected chi connectivity index (χ3v) is 1.22. The van der Waals surface area contributed by atoms with E-state index >= 15 is 0 Å². The highest BCUT2D eigenvalue weighted by atomic mass is 16.6. The number of aliphatic hydroxyl groups excluding tert-OH is 1. The predicted molar refractivity (Wildman–Crippen MR) is 33.9 cm³/mol. The Morgan fingerprint density at radius 1 is 2.00 bits per heavy atom. The fourth-order valence-electron chi connectivity index (χ4n) is 0.720. The van der Waals surface area contributed by atoms with Crippen molar-refractivity contribution in [3.05, 3.63) is 11.8 Å². The average molecular weight is 143 g/mol. The summed E-state index contributed by atoms with van der Waals surface area (Å²) in [6, 6.07) is 0. The summed E-state index contributed by atoms with van der Waals surface area (Å²) in [6.45, 7) is 0. The van der Waals surface area contributed by atoms with Crippen LogP contribution < -0.4 is 5.32 Å². The molecule has 1 rings (SSSR count). The Labute approximate surface area is 58.5 Å². The van der Waals surface area contributed by atoms with Gasteiger partial charge in [-0.15, -0.1) is 0 Å². The van der Waals surface area contributed by atoms with Gasteiger partial charge < -0.3 is 15.2 Å². The molecule has 0 aliphatic carbocycles. The zero-order valence-electron chi connectivity index (χ0n) is 5.63. The van der Waals surface area contributed by atoms with E-state index in [-0.39, 0.29) is 11.7 Å². The van der Waals surface area contributed by atoms with Crippen LogP contribution in [0.1, 0.15) is 6.42 Å². The SMILES string of the molecule is CNC(=O)C1=CCC(O)O1. The minimum absolute atomic E-state index is 0.204. The van der Waals surface area contributed by atoms with Crippen LogP contribution in [0.3, 0.4) is 0 Å². The summed E-state index contributed by atoms with van der Waals surface area (Å²) in [5, 5.41) is 11.2. The first-order valence-electron chi connectivity index (χ1n) is 3.01. The lowest BCUT2D eigenvalue weighted by Crippen LogP contribution is -2.21. The van der Waals surface area contributed by atoms with Crippen molar-refractivity contribution in [3.63, 3.8) is 0 Å². The van der Waals surface area contributed by atoms with Crippen LogP contribution in [0.5, 0.6) is 0 Å². The second kappa shape index (κ2) is 2.70. The van der Waals surface area contributed by atoms with Crippen LogP contribution in [0, 0.1) is 0 Å². The summed E-state index contributed by atoms with van der Waals surface area (Å²) in [4.78, 5) is 10.7. The largest absolute Gasteiger partial charge is 0.459 e. The molecule has 0 saturated carbocycles. The number of carbonyl (C=O) groups excluding carboxylic acids is 1. The first-order chi connectivity index (χ1) is 4.74. The molecule has 0 fully saturated rings. The van der Waals surface area contributed by atoms with E-state index in [0.717, 1.165) is 0 Å². The van der Waals surface area contributed by atoms with E-state index in [2.05, 4.69) is 5.32 Å². The molecule has 0 bridgehead atoms. The number of hydrogen-bond donors (Lipinski definition) is 2. The highest BCUT2D eigenvalue weighted by molar-refractivity contribution is 5.91. The molecular formula is C6H9NO3. The topological polar surface area (TPSA) is 58.6 Å². The van der Waals surface area contributed by atoms with E-state index in [1.807, 2.05) is 0 Å². The Kier molecular flexibility index (Phi) is 1.91. The third kappa shape index (κ3) is 1.27. The molecule has 1 amide bonds. The van der Waals surface area contributed by atoms with Gasteiger partial charge in [0.25, 0.3) is 5.91 Å². The minimum atomic E-state index is -0.840.